The summed E-state index contributed by atoms with van der Waals surface area (Å²) in [7, 11) is 0. The average molecular weight is 366 g/mol. The molecule has 0 aliphatic carbocycles. The van der Waals surface area contributed by atoms with Crippen molar-refractivity contribution in [3.05, 3.63) is 57.7 Å². The summed E-state index contributed by atoms with van der Waals surface area (Å²) in [4.78, 5) is 11.8. The number of para-hydroxylation sites is 1. The zero-order chi connectivity index (χ0) is 13.7. The fourth-order valence-electron chi connectivity index (χ4n) is 1.70. The van der Waals surface area contributed by atoms with Crippen molar-refractivity contribution in [1.29, 1.82) is 0 Å². The average Bonchev–Trinajstić information content (AvgIpc) is 2.41. The molecule has 2 N–H and O–H groups in total. The summed E-state index contributed by atoms with van der Waals surface area (Å²) in [5.74, 6) is -0.0480. The van der Waals surface area contributed by atoms with Gasteiger partial charge in [0.2, 0.25) is 5.91 Å². The van der Waals surface area contributed by atoms with Gasteiger partial charge in [-0.25, -0.2) is 0 Å². The third kappa shape index (κ3) is 4.24. The van der Waals surface area contributed by atoms with E-state index in [1.807, 2.05) is 55.5 Å². The molecule has 3 nitrogen and oxygen atoms in total. The molecule has 2 rings (SSSR count). The van der Waals surface area contributed by atoms with E-state index in [-0.39, 0.29) is 12.5 Å². The summed E-state index contributed by atoms with van der Waals surface area (Å²) in [6.45, 7) is 2.25. The number of halogens is 1. The normalized spacial score (nSPS) is 10.0. The van der Waals surface area contributed by atoms with Gasteiger partial charge in [-0.15, -0.1) is 0 Å². The molecule has 98 valence electrons. The SMILES string of the molecule is Cc1cc(I)ccc1NC(=O)CNc1ccccc1. The van der Waals surface area contributed by atoms with Gasteiger partial charge in [0.05, 0.1) is 6.54 Å². The molecule has 0 unspecified atom stereocenters. The first kappa shape index (κ1) is 13.9. The van der Waals surface area contributed by atoms with E-state index in [2.05, 4.69) is 33.2 Å². The lowest BCUT2D eigenvalue weighted by atomic mass is 10.2. The molecule has 0 aliphatic rings. The number of hydrogen-bond donors (Lipinski definition) is 2. The third-order valence-corrected chi connectivity index (χ3v) is 3.36. The first-order valence-corrected chi connectivity index (χ1v) is 7.08. The summed E-state index contributed by atoms with van der Waals surface area (Å²) in [6.07, 6.45) is 0. The number of rotatable bonds is 4. The van der Waals surface area contributed by atoms with E-state index in [1.165, 1.54) is 0 Å². The Labute approximate surface area is 126 Å². The molecule has 0 saturated heterocycles. The number of carbonyl (C=O) groups is 1. The highest BCUT2D eigenvalue weighted by atomic mass is 127. The number of nitrogens with one attached hydrogen (secondary N) is 2. The van der Waals surface area contributed by atoms with Gasteiger partial charge in [0.25, 0.3) is 0 Å². The summed E-state index contributed by atoms with van der Waals surface area (Å²) in [5.41, 5.74) is 2.87. The molecule has 0 radical (unpaired) electrons. The molecule has 2 aromatic carbocycles. The largest absolute Gasteiger partial charge is 0.376 e. The van der Waals surface area contributed by atoms with Gasteiger partial charge in [0, 0.05) is 14.9 Å². The molecule has 0 spiro atoms. The van der Waals surface area contributed by atoms with Gasteiger partial charge in [0.1, 0.15) is 0 Å². The van der Waals surface area contributed by atoms with Gasteiger partial charge in [0.15, 0.2) is 0 Å². The van der Waals surface area contributed by atoms with Gasteiger partial charge in [-0.05, 0) is 65.4 Å². The van der Waals surface area contributed by atoms with Crippen LogP contribution in [0.1, 0.15) is 5.56 Å². The smallest absolute Gasteiger partial charge is 0.243 e. The fraction of sp³-hybridized carbons (Fsp3) is 0.133. The first-order valence-electron chi connectivity index (χ1n) is 6.00. The molecule has 0 fully saturated rings. The number of hydrogen-bond acceptors (Lipinski definition) is 2. The number of carbonyl (C=O) groups excluding carboxylic acids is 1. The second-order valence-electron chi connectivity index (χ2n) is 4.23. The van der Waals surface area contributed by atoms with Crippen molar-refractivity contribution in [3.63, 3.8) is 0 Å². The van der Waals surface area contributed by atoms with Crippen LogP contribution in [0.3, 0.4) is 0 Å². The van der Waals surface area contributed by atoms with Gasteiger partial charge in [-0.1, -0.05) is 18.2 Å². The molecule has 19 heavy (non-hydrogen) atoms. The maximum absolute atomic E-state index is 11.8. The van der Waals surface area contributed by atoms with Crippen molar-refractivity contribution in [1.82, 2.24) is 0 Å². The van der Waals surface area contributed by atoms with E-state index in [4.69, 9.17) is 0 Å². The Bertz CT molecular complexity index is 570. The topological polar surface area (TPSA) is 41.1 Å². The number of aryl methyl sites for hydroxylation is 1. The van der Waals surface area contributed by atoms with Crippen LogP contribution >= 0.6 is 22.6 Å². The highest BCUT2D eigenvalue weighted by Gasteiger charge is 2.04. The Morgan fingerprint density at radius 1 is 1.16 bits per heavy atom. The van der Waals surface area contributed by atoms with Crippen molar-refractivity contribution in [2.45, 2.75) is 6.92 Å². The minimum Gasteiger partial charge on any atom is -0.376 e. The van der Waals surface area contributed by atoms with Crippen LogP contribution in [0.2, 0.25) is 0 Å². The van der Waals surface area contributed by atoms with Crippen LogP contribution < -0.4 is 10.6 Å². The Hall–Kier alpha value is -1.56. The monoisotopic (exact) mass is 366 g/mol. The van der Waals surface area contributed by atoms with Gasteiger partial charge >= 0.3 is 0 Å². The Kier molecular flexibility index (Phi) is 4.79. The van der Waals surface area contributed by atoms with Crippen LogP contribution in [0.15, 0.2) is 48.5 Å². The second kappa shape index (κ2) is 6.56. The van der Waals surface area contributed by atoms with Crippen LogP contribution in [0.4, 0.5) is 11.4 Å². The predicted molar refractivity (Wildman–Crippen MR) is 87.5 cm³/mol. The van der Waals surface area contributed by atoms with Crippen LogP contribution in [0.25, 0.3) is 0 Å². The van der Waals surface area contributed by atoms with E-state index in [9.17, 15) is 4.79 Å². The quantitative estimate of drug-likeness (QED) is 0.812. The summed E-state index contributed by atoms with van der Waals surface area (Å²) < 4.78 is 1.16. The second-order valence-corrected chi connectivity index (χ2v) is 5.47. The van der Waals surface area contributed by atoms with Gasteiger partial charge in [-0.2, -0.15) is 0 Å². The molecule has 0 bridgehead atoms. The molecule has 0 heterocycles. The Morgan fingerprint density at radius 2 is 1.89 bits per heavy atom. The highest BCUT2D eigenvalue weighted by Crippen LogP contribution is 2.17. The van der Waals surface area contributed by atoms with Gasteiger partial charge < -0.3 is 10.6 Å². The Morgan fingerprint density at radius 3 is 2.58 bits per heavy atom. The van der Waals surface area contributed by atoms with Gasteiger partial charge in [-0.3, -0.25) is 4.79 Å². The third-order valence-electron chi connectivity index (χ3n) is 2.69. The minimum absolute atomic E-state index is 0.0480. The highest BCUT2D eigenvalue weighted by molar-refractivity contribution is 14.1. The maximum Gasteiger partial charge on any atom is 0.243 e. The maximum atomic E-state index is 11.8. The van der Waals surface area contributed by atoms with Crippen LogP contribution in [0.5, 0.6) is 0 Å². The van der Waals surface area contributed by atoms with E-state index in [0.29, 0.717) is 0 Å². The van der Waals surface area contributed by atoms with E-state index < -0.39 is 0 Å². The number of amides is 1. The van der Waals surface area contributed by atoms with Crippen LogP contribution in [-0.2, 0) is 4.79 Å². The minimum atomic E-state index is -0.0480. The van der Waals surface area contributed by atoms with Crippen molar-refractivity contribution in [2.75, 3.05) is 17.2 Å². The van der Waals surface area contributed by atoms with Crippen molar-refractivity contribution in [3.8, 4) is 0 Å². The molecule has 1 amide bonds. The molecule has 2 aromatic rings. The number of benzene rings is 2. The molecule has 0 saturated carbocycles. The molecular weight excluding hydrogens is 351 g/mol. The zero-order valence-electron chi connectivity index (χ0n) is 10.6. The molecule has 0 atom stereocenters. The summed E-state index contributed by atoms with van der Waals surface area (Å²) >= 11 is 2.26. The van der Waals surface area contributed by atoms with Crippen molar-refractivity contribution in [2.24, 2.45) is 0 Å². The zero-order valence-corrected chi connectivity index (χ0v) is 12.8. The lowest BCUT2D eigenvalue weighted by Gasteiger charge is -2.10. The lowest BCUT2D eigenvalue weighted by Crippen LogP contribution is -2.22. The van der Waals surface area contributed by atoms with Crippen LogP contribution in [0, 0.1) is 10.5 Å². The van der Waals surface area contributed by atoms with E-state index in [1.54, 1.807) is 0 Å². The standard InChI is InChI=1S/C15H15IN2O/c1-11-9-12(16)7-8-14(11)18-15(19)10-17-13-5-3-2-4-6-13/h2-9,17H,10H2,1H3,(H,18,19). The summed E-state index contributed by atoms with van der Waals surface area (Å²) in [5, 5.41) is 5.98. The van der Waals surface area contributed by atoms with E-state index in [0.717, 1.165) is 20.5 Å². The molecule has 0 aliphatic heterocycles. The summed E-state index contributed by atoms with van der Waals surface area (Å²) in [6, 6.07) is 15.6. The lowest BCUT2D eigenvalue weighted by molar-refractivity contribution is -0.114. The van der Waals surface area contributed by atoms with Crippen LogP contribution in [-0.4, -0.2) is 12.5 Å². The molecule has 4 heteroatoms. The van der Waals surface area contributed by atoms with Crippen molar-refractivity contribution >= 4 is 39.9 Å². The molecular formula is C15H15IN2O. The molecule has 0 aromatic heterocycles. The predicted octanol–water partition coefficient (Wildman–Crippen LogP) is 3.65. The van der Waals surface area contributed by atoms with Crippen molar-refractivity contribution < 1.29 is 4.79 Å². The first-order chi connectivity index (χ1) is 9.15. The Balaban J connectivity index is 1.91. The number of anilines is 2. The fourth-order valence-corrected chi connectivity index (χ4v) is 2.35. The van der Waals surface area contributed by atoms with E-state index >= 15 is 0 Å².